The molecule has 1 unspecified atom stereocenters. The number of hydrogen-bond donors (Lipinski definition) is 2. The first-order valence-electron chi connectivity index (χ1n) is 10.7. The van der Waals surface area contributed by atoms with E-state index >= 15 is 0 Å². The van der Waals surface area contributed by atoms with Crippen LogP contribution in [0.15, 0.2) is 59.8 Å². The highest BCUT2D eigenvalue weighted by molar-refractivity contribution is 8.00. The molecule has 0 spiro atoms. The summed E-state index contributed by atoms with van der Waals surface area (Å²) in [7, 11) is 0. The van der Waals surface area contributed by atoms with E-state index in [1.54, 1.807) is 18.3 Å². The summed E-state index contributed by atoms with van der Waals surface area (Å²) in [6.45, 7) is 1.93. The van der Waals surface area contributed by atoms with Crippen molar-refractivity contribution in [2.75, 3.05) is 10.6 Å². The van der Waals surface area contributed by atoms with E-state index in [1.807, 2.05) is 49.4 Å². The molecule has 2 aromatic heterocycles. The zero-order valence-electron chi connectivity index (χ0n) is 18.6. The van der Waals surface area contributed by atoms with Gasteiger partial charge in [0.1, 0.15) is 28.5 Å². The second-order valence-electron chi connectivity index (χ2n) is 8.14. The molecule has 1 aliphatic rings. The van der Waals surface area contributed by atoms with Crippen LogP contribution in [-0.4, -0.2) is 27.0 Å². The molecule has 0 bridgehead atoms. The van der Waals surface area contributed by atoms with Crippen LogP contribution in [0.25, 0.3) is 22.0 Å². The number of nitrogens with two attached hydrogens (primary N) is 1. The number of amides is 2. The molecule has 0 saturated carbocycles. The van der Waals surface area contributed by atoms with Crippen molar-refractivity contribution in [2.45, 2.75) is 23.6 Å². The first kappa shape index (κ1) is 22.2. The zero-order chi connectivity index (χ0) is 24.7. The lowest BCUT2D eigenvalue weighted by Crippen LogP contribution is -2.31. The molecular formula is C26H18N6O2S. The number of fused-ring (bicyclic) bond motifs is 1. The van der Waals surface area contributed by atoms with Gasteiger partial charge in [-0.1, -0.05) is 47.7 Å². The predicted octanol–water partition coefficient (Wildman–Crippen LogP) is 4.29. The zero-order valence-corrected chi connectivity index (χ0v) is 19.4. The maximum Gasteiger partial charge on any atom is 0.247 e. The Bertz CT molecular complexity index is 1590. The van der Waals surface area contributed by atoms with Crippen molar-refractivity contribution in [3.8, 4) is 23.3 Å². The van der Waals surface area contributed by atoms with Gasteiger partial charge in [0.15, 0.2) is 0 Å². The molecule has 1 atom stereocenters. The van der Waals surface area contributed by atoms with Gasteiger partial charge in [-0.25, -0.2) is 9.88 Å². The number of imide groups is 1. The average Bonchev–Trinajstić information content (AvgIpc) is 3.42. The lowest BCUT2D eigenvalue weighted by molar-refractivity contribution is -0.121. The van der Waals surface area contributed by atoms with E-state index in [2.05, 4.69) is 16.0 Å². The highest BCUT2D eigenvalue weighted by Gasteiger charge is 2.41. The number of carbonyl (C=O) groups is 2. The number of benzene rings is 2. The number of H-pyrrole nitrogens is 1. The Labute approximate surface area is 205 Å². The molecule has 170 valence electrons. The normalized spacial score (nSPS) is 15.4. The van der Waals surface area contributed by atoms with E-state index in [0.29, 0.717) is 16.8 Å². The molecule has 1 saturated heterocycles. The van der Waals surface area contributed by atoms with Gasteiger partial charge in [-0.3, -0.25) is 9.59 Å². The fourth-order valence-electron chi connectivity index (χ4n) is 4.17. The average molecular weight is 479 g/mol. The number of aromatic amines is 1. The Kier molecular flexibility index (Phi) is 5.48. The summed E-state index contributed by atoms with van der Waals surface area (Å²) in [5.41, 5.74) is 9.68. The first-order chi connectivity index (χ1) is 16.9. The van der Waals surface area contributed by atoms with Crippen LogP contribution < -0.4 is 10.6 Å². The monoisotopic (exact) mass is 478 g/mol. The second kappa shape index (κ2) is 8.64. The smallest absolute Gasteiger partial charge is 0.247 e. The van der Waals surface area contributed by atoms with Crippen LogP contribution in [0.5, 0.6) is 0 Å². The molecule has 2 amide bonds. The quantitative estimate of drug-likeness (QED) is 0.417. The largest absolute Gasteiger partial charge is 0.383 e. The molecular weight excluding hydrogens is 460 g/mol. The number of nitrogen functional groups attached to an aromatic ring is 1. The number of nitriles is 2. The van der Waals surface area contributed by atoms with Gasteiger partial charge < -0.3 is 10.7 Å². The van der Waals surface area contributed by atoms with E-state index in [4.69, 9.17) is 5.73 Å². The second-order valence-corrected chi connectivity index (χ2v) is 9.34. The number of anilines is 2. The predicted molar refractivity (Wildman–Crippen MR) is 133 cm³/mol. The topological polar surface area (TPSA) is 140 Å². The van der Waals surface area contributed by atoms with E-state index in [-0.39, 0.29) is 34.3 Å². The van der Waals surface area contributed by atoms with Crippen molar-refractivity contribution >= 4 is 46.0 Å². The van der Waals surface area contributed by atoms with Crippen molar-refractivity contribution in [1.82, 2.24) is 9.97 Å². The Morgan fingerprint density at radius 2 is 1.83 bits per heavy atom. The number of nitrogens with one attached hydrogen (secondary N) is 1. The Morgan fingerprint density at radius 1 is 1.09 bits per heavy atom. The lowest BCUT2D eigenvalue weighted by atomic mass is 9.96. The molecule has 8 nitrogen and oxygen atoms in total. The Morgan fingerprint density at radius 3 is 2.54 bits per heavy atom. The van der Waals surface area contributed by atoms with E-state index in [1.165, 1.54) is 0 Å². The number of rotatable bonds is 4. The minimum absolute atomic E-state index is 0.0320. The van der Waals surface area contributed by atoms with Crippen LogP contribution >= 0.6 is 11.8 Å². The maximum absolute atomic E-state index is 13.3. The van der Waals surface area contributed by atoms with Gasteiger partial charge in [0.25, 0.3) is 0 Å². The summed E-state index contributed by atoms with van der Waals surface area (Å²) in [5, 5.41) is 20.1. The highest BCUT2D eigenvalue weighted by atomic mass is 32.2. The van der Waals surface area contributed by atoms with Gasteiger partial charge in [0, 0.05) is 23.7 Å². The summed E-state index contributed by atoms with van der Waals surface area (Å²) < 4.78 is 0. The maximum atomic E-state index is 13.3. The number of hydrogen-bond acceptors (Lipinski definition) is 7. The van der Waals surface area contributed by atoms with Crippen LogP contribution in [-0.2, 0) is 9.59 Å². The molecule has 0 radical (unpaired) electrons. The van der Waals surface area contributed by atoms with Crippen molar-refractivity contribution in [3.63, 3.8) is 0 Å². The number of aryl methyl sites for hydroxylation is 1. The van der Waals surface area contributed by atoms with Gasteiger partial charge >= 0.3 is 0 Å². The van der Waals surface area contributed by atoms with Crippen molar-refractivity contribution in [1.29, 1.82) is 10.5 Å². The molecule has 5 rings (SSSR count). The summed E-state index contributed by atoms with van der Waals surface area (Å²) in [5.74, 6) is -0.760. The minimum Gasteiger partial charge on any atom is -0.383 e. The van der Waals surface area contributed by atoms with E-state index in [9.17, 15) is 20.1 Å². The van der Waals surface area contributed by atoms with Gasteiger partial charge in [-0.2, -0.15) is 10.5 Å². The Balaban J connectivity index is 1.53. The molecule has 2 aromatic carbocycles. The molecule has 35 heavy (non-hydrogen) atoms. The van der Waals surface area contributed by atoms with Gasteiger partial charge in [-0.15, -0.1) is 0 Å². The number of thioether (sulfide) groups is 1. The number of aromatic nitrogens is 2. The van der Waals surface area contributed by atoms with Crippen LogP contribution in [0.4, 0.5) is 11.5 Å². The third-order valence-electron chi connectivity index (χ3n) is 5.91. The lowest BCUT2D eigenvalue weighted by Gasteiger charge is -2.16. The number of nitrogens with zero attached hydrogens (tertiary/aromatic N) is 4. The van der Waals surface area contributed by atoms with Crippen molar-refractivity contribution in [2.24, 2.45) is 0 Å². The Hall–Kier alpha value is -4.60. The third kappa shape index (κ3) is 3.78. The summed E-state index contributed by atoms with van der Waals surface area (Å²) in [6.07, 6.45) is 1.75. The van der Waals surface area contributed by atoms with Gasteiger partial charge in [0.2, 0.25) is 11.8 Å². The van der Waals surface area contributed by atoms with E-state index < -0.39 is 11.2 Å². The number of carbonyl (C=O) groups excluding carboxylic acids is 2. The van der Waals surface area contributed by atoms with Crippen molar-refractivity contribution < 1.29 is 9.59 Å². The molecule has 1 aliphatic heterocycles. The van der Waals surface area contributed by atoms with Gasteiger partial charge in [-0.05, 0) is 36.1 Å². The molecule has 1 fully saturated rings. The van der Waals surface area contributed by atoms with Crippen LogP contribution in [0.3, 0.4) is 0 Å². The molecule has 4 aromatic rings. The van der Waals surface area contributed by atoms with Crippen LogP contribution in [0.2, 0.25) is 0 Å². The van der Waals surface area contributed by atoms with Crippen LogP contribution in [0.1, 0.15) is 23.1 Å². The summed E-state index contributed by atoms with van der Waals surface area (Å²) in [4.78, 5) is 34.6. The molecule has 3 N–H and O–H groups in total. The van der Waals surface area contributed by atoms with Gasteiger partial charge in [0.05, 0.1) is 16.5 Å². The molecule has 9 heteroatoms. The minimum atomic E-state index is -0.778. The third-order valence-corrected chi connectivity index (χ3v) is 7.08. The SMILES string of the molecule is Cc1ccc(-c2c(C#N)c(N)nc(SC3CC(=O)N(c4ccc5cc[nH]c5c4)C3=O)c2C#N)cc1. The standard InChI is InChI=1S/C26H18N6O2S/c1-14-2-4-16(5-3-14)23-18(12-27)24(29)31-25(19(23)13-28)35-21-11-22(33)32(26(21)34)17-7-6-15-8-9-30-20(15)10-17/h2-10,21,30H,11H2,1H3,(H2,29,31). The fraction of sp³-hybridized carbons (Fsp3) is 0.115. The fourth-order valence-corrected chi connectivity index (χ4v) is 5.29. The van der Waals surface area contributed by atoms with Crippen LogP contribution in [0, 0.1) is 29.6 Å². The molecule has 3 heterocycles. The highest BCUT2D eigenvalue weighted by Crippen LogP contribution is 2.40. The number of pyridine rings is 1. The summed E-state index contributed by atoms with van der Waals surface area (Å²) >= 11 is 1.02. The van der Waals surface area contributed by atoms with E-state index in [0.717, 1.165) is 33.1 Å². The molecule has 0 aliphatic carbocycles. The summed E-state index contributed by atoms with van der Waals surface area (Å²) in [6, 6.07) is 18.8. The first-order valence-corrected chi connectivity index (χ1v) is 11.6. The van der Waals surface area contributed by atoms with Crippen molar-refractivity contribution in [3.05, 3.63) is 71.4 Å².